The average Bonchev–Trinajstić information content (AvgIpc) is 2.61. The maximum absolute atomic E-state index is 12.0. The summed E-state index contributed by atoms with van der Waals surface area (Å²) in [6, 6.07) is 1.91. The van der Waals surface area contributed by atoms with Crippen molar-refractivity contribution in [1.29, 1.82) is 0 Å². The fourth-order valence-corrected chi connectivity index (χ4v) is 2.41. The minimum atomic E-state index is -0.110. The molecule has 92 valence electrons. The van der Waals surface area contributed by atoms with Crippen LogP contribution in [0.15, 0.2) is 18.5 Å². The summed E-state index contributed by atoms with van der Waals surface area (Å²) in [6.07, 6.45) is 5.34. The Hall–Kier alpha value is -1.58. The average molecular weight is 233 g/mol. The van der Waals surface area contributed by atoms with E-state index in [4.69, 9.17) is 5.73 Å². The van der Waals surface area contributed by atoms with Crippen molar-refractivity contribution in [2.24, 2.45) is 11.8 Å². The zero-order valence-electron chi connectivity index (χ0n) is 10.3. The van der Waals surface area contributed by atoms with E-state index in [-0.39, 0.29) is 11.9 Å². The SMILES string of the molecule is CC1CCC(NC(=O)c2cnccc2N)C1C. The molecule has 1 aromatic heterocycles. The molecule has 1 heterocycles. The van der Waals surface area contributed by atoms with Crippen LogP contribution in [0.25, 0.3) is 0 Å². The molecular weight excluding hydrogens is 214 g/mol. The smallest absolute Gasteiger partial charge is 0.255 e. The molecule has 0 saturated heterocycles. The molecule has 1 aromatic rings. The van der Waals surface area contributed by atoms with Crippen LogP contribution < -0.4 is 11.1 Å². The fourth-order valence-electron chi connectivity index (χ4n) is 2.41. The number of aromatic nitrogens is 1. The molecule has 4 heteroatoms. The number of carbonyl (C=O) groups is 1. The molecule has 1 amide bonds. The standard InChI is InChI=1S/C13H19N3O/c1-8-3-4-12(9(8)2)16-13(17)10-7-15-6-5-11(10)14/h5-9,12H,3-4H2,1-2H3,(H2,14,15)(H,16,17). The van der Waals surface area contributed by atoms with Gasteiger partial charge in [0.05, 0.1) is 5.56 Å². The molecule has 2 rings (SSSR count). The van der Waals surface area contributed by atoms with E-state index in [1.165, 1.54) is 12.6 Å². The predicted molar refractivity (Wildman–Crippen MR) is 67.5 cm³/mol. The van der Waals surface area contributed by atoms with Crippen LogP contribution in [0.5, 0.6) is 0 Å². The lowest BCUT2D eigenvalue weighted by molar-refractivity contribution is 0.0928. The second kappa shape index (κ2) is 4.73. The Bertz CT molecular complexity index is 419. The Balaban J connectivity index is 2.05. The number of pyridine rings is 1. The highest BCUT2D eigenvalue weighted by Crippen LogP contribution is 2.31. The lowest BCUT2D eigenvalue weighted by Crippen LogP contribution is -2.37. The number of amides is 1. The minimum absolute atomic E-state index is 0.110. The van der Waals surface area contributed by atoms with E-state index in [2.05, 4.69) is 24.1 Å². The van der Waals surface area contributed by atoms with Gasteiger partial charge in [-0.25, -0.2) is 0 Å². The molecule has 3 unspecified atom stereocenters. The third-order valence-corrected chi connectivity index (χ3v) is 3.88. The first-order valence-corrected chi connectivity index (χ1v) is 6.10. The van der Waals surface area contributed by atoms with Gasteiger partial charge in [-0.2, -0.15) is 0 Å². The number of hydrogen-bond acceptors (Lipinski definition) is 3. The quantitative estimate of drug-likeness (QED) is 0.818. The first kappa shape index (κ1) is 11.9. The summed E-state index contributed by atoms with van der Waals surface area (Å²) in [5.74, 6) is 1.09. The third-order valence-electron chi connectivity index (χ3n) is 3.88. The molecule has 0 aromatic carbocycles. The van der Waals surface area contributed by atoms with Gasteiger partial charge in [-0.1, -0.05) is 13.8 Å². The molecule has 4 nitrogen and oxygen atoms in total. The van der Waals surface area contributed by atoms with Crippen LogP contribution in [0, 0.1) is 11.8 Å². The number of nitrogens with one attached hydrogen (secondary N) is 1. The van der Waals surface area contributed by atoms with E-state index in [0.717, 1.165) is 6.42 Å². The number of rotatable bonds is 2. The minimum Gasteiger partial charge on any atom is -0.398 e. The van der Waals surface area contributed by atoms with Crippen molar-refractivity contribution >= 4 is 11.6 Å². The van der Waals surface area contributed by atoms with Crippen molar-refractivity contribution in [3.05, 3.63) is 24.0 Å². The van der Waals surface area contributed by atoms with Gasteiger partial charge < -0.3 is 11.1 Å². The number of hydrogen-bond donors (Lipinski definition) is 2. The highest BCUT2D eigenvalue weighted by molar-refractivity contribution is 5.98. The number of nitrogens with two attached hydrogens (primary N) is 1. The van der Waals surface area contributed by atoms with Gasteiger partial charge in [-0.15, -0.1) is 0 Å². The van der Waals surface area contributed by atoms with Gasteiger partial charge in [0.15, 0.2) is 0 Å². The van der Waals surface area contributed by atoms with Crippen molar-refractivity contribution in [3.63, 3.8) is 0 Å². The summed E-state index contributed by atoms with van der Waals surface area (Å²) in [4.78, 5) is 16.0. The van der Waals surface area contributed by atoms with Crippen molar-refractivity contribution in [2.75, 3.05) is 5.73 Å². The van der Waals surface area contributed by atoms with Gasteiger partial charge in [0, 0.05) is 24.1 Å². The van der Waals surface area contributed by atoms with E-state index < -0.39 is 0 Å². The largest absolute Gasteiger partial charge is 0.398 e. The van der Waals surface area contributed by atoms with E-state index in [1.54, 1.807) is 12.3 Å². The first-order valence-electron chi connectivity index (χ1n) is 6.10. The highest BCUT2D eigenvalue weighted by atomic mass is 16.1. The van der Waals surface area contributed by atoms with E-state index >= 15 is 0 Å². The van der Waals surface area contributed by atoms with Gasteiger partial charge in [0.25, 0.3) is 5.91 Å². The van der Waals surface area contributed by atoms with Crippen LogP contribution in [0.1, 0.15) is 37.0 Å². The Morgan fingerprint density at radius 3 is 2.82 bits per heavy atom. The molecule has 0 aliphatic heterocycles. The van der Waals surface area contributed by atoms with Crippen molar-refractivity contribution in [1.82, 2.24) is 10.3 Å². The van der Waals surface area contributed by atoms with Gasteiger partial charge in [0.2, 0.25) is 0 Å². The number of anilines is 1. The number of nitrogen functional groups attached to an aromatic ring is 1. The van der Waals surface area contributed by atoms with Crippen LogP contribution in [0.4, 0.5) is 5.69 Å². The van der Waals surface area contributed by atoms with Gasteiger partial charge in [0.1, 0.15) is 0 Å². The molecule has 0 radical (unpaired) electrons. The molecular formula is C13H19N3O. The first-order chi connectivity index (χ1) is 8.09. The number of nitrogens with zero attached hydrogens (tertiary/aromatic N) is 1. The Morgan fingerprint density at radius 1 is 1.47 bits per heavy atom. The van der Waals surface area contributed by atoms with Crippen LogP contribution in [0.3, 0.4) is 0 Å². The van der Waals surface area contributed by atoms with Gasteiger partial charge in [-0.05, 0) is 30.7 Å². The Kier molecular flexibility index (Phi) is 3.31. The van der Waals surface area contributed by atoms with Crippen molar-refractivity contribution in [3.8, 4) is 0 Å². The lowest BCUT2D eigenvalue weighted by atomic mass is 9.97. The Morgan fingerprint density at radius 2 is 2.24 bits per heavy atom. The second-order valence-electron chi connectivity index (χ2n) is 4.96. The molecule has 1 aliphatic rings. The molecule has 17 heavy (non-hydrogen) atoms. The fraction of sp³-hybridized carbons (Fsp3) is 0.538. The Labute approximate surface area is 102 Å². The summed E-state index contributed by atoms with van der Waals surface area (Å²) in [5, 5.41) is 3.06. The molecule has 3 atom stereocenters. The number of carbonyl (C=O) groups excluding carboxylic acids is 1. The molecule has 0 bridgehead atoms. The highest BCUT2D eigenvalue weighted by Gasteiger charge is 2.31. The third kappa shape index (κ3) is 2.40. The van der Waals surface area contributed by atoms with Crippen LogP contribution in [-0.2, 0) is 0 Å². The maximum Gasteiger partial charge on any atom is 0.255 e. The van der Waals surface area contributed by atoms with Crippen molar-refractivity contribution < 1.29 is 4.79 Å². The van der Waals surface area contributed by atoms with Gasteiger partial charge >= 0.3 is 0 Å². The molecule has 1 fully saturated rings. The normalized spacial score (nSPS) is 28.0. The second-order valence-corrected chi connectivity index (χ2v) is 4.96. The zero-order valence-corrected chi connectivity index (χ0v) is 10.3. The van der Waals surface area contributed by atoms with Crippen LogP contribution in [0.2, 0.25) is 0 Å². The molecule has 1 aliphatic carbocycles. The van der Waals surface area contributed by atoms with Crippen LogP contribution in [-0.4, -0.2) is 16.9 Å². The topological polar surface area (TPSA) is 68.0 Å². The van der Waals surface area contributed by atoms with Crippen LogP contribution >= 0.6 is 0 Å². The molecule has 1 saturated carbocycles. The molecule has 0 spiro atoms. The van der Waals surface area contributed by atoms with E-state index in [1.807, 2.05) is 0 Å². The summed E-state index contributed by atoms with van der Waals surface area (Å²) in [6.45, 7) is 4.42. The summed E-state index contributed by atoms with van der Waals surface area (Å²) in [7, 11) is 0. The lowest BCUT2D eigenvalue weighted by Gasteiger charge is -2.19. The maximum atomic E-state index is 12.0. The molecule has 3 N–H and O–H groups in total. The van der Waals surface area contributed by atoms with E-state index in [0.29, 0.717) is 23.1 Å². The van der Waals surface area contributed by atoms with Gasteiger partial charge in [-0.3, -0.25) is 9.78 Å². The zero-order chi connectivity index (χ0) is 12.4. The van der Waals surface area contributed by atoms with Crippen molar-refractivity contribution in [2.45, 2.75) is 32.7 Å². The van der Waals surface area contributed by atoms with E-state index in [9.17, 15) is 4.79 Å². The monoisotopic (exact) mass is 233 g/mol. The summed E-state index contributed by atoms with van der Waals surface area (Å²) >= 11 is 0. The summed E-state index contributed by atoms with van der Waals surface area (Å²) in [5.41, 5.74) is 6.71. The summed E-state index contributed by atoms with van der Waals surface area (Å²) < 4.78 is 0. The predicted octanol–water partition coefficient (Wildman–Crippen LogP) is 1.83.